The van der Waals surface area contributed by atoms with Crippen LogP contribution in [0.25, 0.3) is 0 Å². The summed E-state index contributed by atoms with van der Waals surface area (Å²) in [6.07, 6.45) is 2.07. The minimum absolute atomic E-state index is 0.296. The van der Waals surface area contributed by atoms with Gasteiger partial charge in [-0.3, -0.25) is 0 Å². The summed E-state index contributed by atoms with van der Waals surface area (Å²) >= 11 is 0. The van der Waals surface area contributed by atoms with Crippen molar-refractivity contribution >= 4 is 9.68 Å². The highest BCUT2D eigenvalue weighted by molar-refractivity contribution is 6.38. The van der Waals surface area contributed by atoms with Gasteiger partial charge in [0.05, 0.1) is 0 Å². The molecule has 3 nitrogen and oxygen atoms in total. The minimum atomic E-state index is -0.538. The SMILES string of the molecule is CCOC(C)(C=C[SiH2]N(CC)CC)OCC. The van der Waals surface area contributed by atoms with E-state index in [0.717, 1.165) is 13.1 Å². The zero-order chi connectivity index (χ0) is 12.4. The van der Waals surface area contributed by atoms with Crippen molar-refractivity contribution in [2.75, 3.05) is 26.3 Å². The summed E-state index contributed by atoms with van der Waals surface area (Å²) in [4.78, 5) is 0. The molecule has 0 aliphatic heterocycles. The Hall–Kier alpha value is -0.163. The molecule has 0 saturated heterocycles. The van der Waals surface area contributed by atoms with Crippen molar-refractivity contribution in [1.29, 1.82) is 0 Å². The first-order valence-electron chi connectivity index (χ1n) is 6.29. The van der Waals surface area contributed by atoms with Crippen molar-refractivity contribution in [2.24, 2.45) is 0 Å². The van der Waals surface area contributed by atoms with Crippen LogP contribution in [-0.2, 0) is 9.47 Å². The van der Waals surface area contributed by atoms with E-state index in [1.807, 2.05) is 20.8 Å². The van der Waals surface area contributed by atoms with E-state index in [-0.39, 0.29) is 9.68 Å². The highest BCUT2D eigenvalue weighted by Gasteiger charge is 2.20. The first-order valence-corrected chi connectivity index (χ1v) is 7.74. The summed E-state index contributed by atoms with van der Waals surface area (Å²) in [6, 6.07) is 0. The Balaban J connectivity index is 4.21. The first-order chi connectivity index (χ1) is 7.61. The van der Waals surface area contributed by atoms with Crippen molar-refractivity contribution < 1.29 is 9.47 Å². The van der Waals surface area contributed by atoms with E-state index in [4.69, 9.17) is 9.47 Å². The molecule has 96 valence electrons. The van der Waals surface area contributed by atoms with Crippen LogP contribution in [0.1, 0.15) is 34.6 Å². The van der Waals surface area contributed by atoms with Crippen LogP contribution in [0, 0.1) is 0 Å². The van der Waals surface area contributed by atoms with Crippen LogP contribution >= 0.6 is 0 Å². The Morgan fingerprint density at radius 1 is 1.06 bits per heavy atom. The fraction of sp³-hybridized carbons (Fsp3) is 0.833. The summed E-state index contributed by atoms with van der Waals surface area (Å²) in [6.45, 7) is 14.0. The topological polar surface area (TPSA) is 21.7 Å². The molecule has 0 heterocycles. The molecule has 0 aromatic carbocycles. The molecule has 0 atom stereocenters. The molecular weight excluding hydrogens is 218 g/mol. The van der Waals surface area contributed by atoms with Crippen LogP contribution < -0.4 is 0 Å². The summed E-state index contributed by atoms with van der Waals surface area (Å²) in [5.41, 5.74) is 2.26. The van der Waals surface area contributed by atoms with Crippen molar-refractivity contribution in [3.63, 3.8) is 0 Å². The third-order valence-corrected chi connectivity index (χ3v) is 4.40. The fourth-order valence-electron chi connectivity index (χ4n) is 1.61. The van der Waals surface area contributed by atoms with Crippen LogP contribution in [0.2, 0.25) is 0 Å². The fourth-order valence-corrected chi connectivity index (χ4v) is 2.96. The lowest BCUT2D eigenvalue weighted by molar-refractivity contribution is -0.186. The first kappa shape index (κ1) is 15.8. The predicted octanol–water partition coefficient (Wildman–Crippen LogP) is 1.71. The minimum Gasteiger partial charge on any atom is -0.347 e. The molecular formula is C12H27NO2Si. The maximum Gasteiger partial charge on any atom is 0.184 e. The van der Waals surface area contributed by atoms with Gasteiger partial charge in [-0.2, -0.15) is 0 Å². The molecule has 0 saturated carbocycles. The quantitative estimate of drug-likeness (QED) is 0.456. The smallest absolute Gasteiger partial charge is 0.184 e. The molecule has 0 N–H and O–H groups in total. The second-order valence-corrected chi connectivity index (χ2v) is 5.50. The van der Waals surface area contributed by atoms with E-state index in [1.165, 1.54) is 0 Å². The van der Waals surface area contributed by atoms with Gasteiger partial charge in [0.2, 0.25) is 0 Å². The number of hydrogen-bond acceptors (Lipinski definition) is 3. The van der Waals surface area contributed by atoms with E-state index in [2.05, 4.69) is 30.2 Å². The van der Waals surface area contributed by atoms with Crippen LogP contribution in [-0.4, -0.2) is 46.3 Å². The Bertz CT molecular complexity index is 187. The molecule has 0 rings (SSSR count). The Morgan fingerprint density at radius 2 is 1.56 bits per heavy atom. The molecule has 0 aliphatic rings. The van der Waals surface area contributed by atoms with Crippen molar-refractivity contribution in [2.45, 2.75) is 40.4 Å². The maximum atomic E-state index is 5.61. The van der Waals surface area contributed by atoms with E-state index < -0.39 is 5.79 Å². The average molecular weight is 245 g/mol. The Kier molecular flexibility index (Phi) is 8.84. The van der Waals surface area contributed by atoms with Gasteiger partial charge in [0.25, 0.3) is 0 Å². The third-order valence-electron chi connectivity index (χ3n) is 2.54. The highest BCUT2D eigenvalue weighted by atomic mass is 28.2. The third kappa shape index (κ3) is 6.43. The maximum absolute atomic E-state index is 5.61. The van der Waals surface area contributed by atoms with E-state index in [9.17, 15) is 0 Å². The lowest BCUT2D eigenvalue weighted by atomic mass is 10.3. The van der Waals surface area contributed by atoms with Crippen LogP contribution in [0.3, 0.4) is 0 Å². The molecule has 0 unspecified atom stereocenters. The molecule has 0 radical (unpaired) electrons. The van der Waals surface area contributed by atoms with E-state index >= 15 is 0 Å². The van der Waals surface area contributed by atoms with Gasteiger partial charge < -0.3 is 14.0 Å². The zero-order valence-corrected chi connectivity index (χ0v) is 12.9. The van der Waals surface area contributed by atoms with Crippen molar-refractivity contribution in [3.05, 3.63) is 11.8 Å². The molecule has 4 heteroatoms. The van der Waals surface area contributed by atoms with Gasteiger partial charge >= 0.3 is 0 Å². The lowest BCUT2D eigenvalue weighted by Gasteiger charge is -2.26. The molecule has 0 aromatic heterocycles. The largest absolute Gasteiger partial charge is 0.347 e. The molecule has 0 aliphatic carbocycles. The second-order valence-electron chi connectivity index (χ2n) is 3.77. The summed E-state index contributed by atoms with van der Waals surface area (Å²) in [5.74, 6) is -0.538. The van der Waals surface area contributed by atoms with E-state index in [0.29, 0.717) is 13.2 Å². The standard InChI is InChI=1S/C12H27NO2Si/c1-6-13(7-2)16-11-10-12(5,14-8-3)15-9-4/h10-11H,6-9,16H2,1-5H3. The lowest BCUT2D eigenvalue weighted by Crippen LogP contribution is -2.31. The van der Waals surface area contributed by atoms with Gasteiger partial charge in [-0.25, -0.2) is 0 Å². The van der Waals surface area contributed by atoms with Gasteiger partial charge in [0.1, 0.15) is 9.68 Å². The molecule has 0 amide bonds. The van der Waals surface area contributed by atoms with E-state index in [1.54, 1.807) is 0 Å². The van der Waals surface area contributed by atoms with Gasteiger partial charge in [-0.1, -0.05) is 19.5 Å². The van der Waals surface area contributed by atoms with Gasteiger partial charge in [-0.05, 0) is 39.9 Å². The number of hydrogen-bond donors (Lipinski definition) is 0. The van der Waals surface area contributed by atoms with Gasteiger partial charge in [-0.15, -0.1) is 0 Å². The number of ether oxygens (including phenoxy) is 2. The number of rotatable bonds is 9. The Labute approximate surface area is 103 Å². The summed E-state index contributed by atoms with van der Waals surface area (Å²) in [7, 11) is -0.296. The van der Waals surface area contributed by atoms with Crippen LogP contribution in [0.5, 0.6) is 0 Å². The Morgan fingerprint density at radius 3 is 1.94 bits per heavy atom. The molecule has 0 bridgehead atoms. The molecule has 16 heavy (non-hydrogen) atoms. The van der Waals surface area contributed by atoms with Crippen molar-refractivity contribution in [1.82, 2.24) is 4.57 Å². The number of nitrogens with zero attached hydrogens (tertiary/aromatic N) is 1. The monoisotopic (exact) mass is 245 g/mol. The van der Waals surface area contributed by atoms with Crippen LogP contribution in [0.15, 0.2) is 11.8 Å². The molecule has 0 aromatic rings. The highest BCUT2D eigenvalue weighted by Crippen LogP contribution is 2.14. The normalized spacial score (nSPS) is 13.6. The van der Waals surface area contributed by atoms with Gasteiger partial charge in [0, 0.05) is 13.2 Å². The van der Waals surface area contributed by atoms with Crippen LogP contribution in [0.4, 0.5) is 0 Å². The average Bonchev–Trinajstić information content (AvgIpc) is 2.25. The second kappa shape index (κ2) is 8.93. The molecule has 0 fully saturated rings. The van der Waals surface area contributed by atoms with Gasteiger partial charge in [0.15, 0.2) is 5.79 Å². The molecule has 0 spiro atoms. The summed E-state index contributed by atoms with van der Waals surface area (Å²) < 4.78 is 13.7. The predicted molar refractivity (Wildman–Crippen MR) is 72.3 cm³/mol. The van der Waals surface area contributed by atoms with Crippen molar-refractivity contribution in [3.8, 4) is 0 Å². The zero-order valence-electron chi connectivity index (χ0n) is 11.5. The summed E-state index contributed by atoms with van der Waals surface area (Å²) in [5, 5.41) is 0.